The summed E-state index contributed by atoms with van der Waals surface area (Å²) < 4.78 is 2.14. The van der Waals surface area contributed by atoms with Gasteiger partial charge in [0.05, 0.1) is 11.7 Å². The molecule has 3 nitrogen and oxygen atoms in total. The van der Waals surface area contributed by atoms with Crippen molar-refractivity contribution in [2.24, 2.45) is 5.92 Å². The van der Waals surface area contributed by atoms with Gasteiger partial charge in [-0.25, -0.2) is 4.68 Å². The number of rotatable bonds is 3. The number of aromatic nitrogens is 2. The van der Waals surface area contributed by atoms with Crippen LogP contribution in [0.2, 0.25) is 0 Å². The maximum atomic E-state index is 4.63. The van der Waals surface area contributed by atoms with Crippen LogP contribution in [-0.4, -0.2) is 16.3 Å². The van der Waals surface area contributed by atoms with Crippen LogP contribution in [0, 0.1) is 12.8 Å². The van der Waals surface area contributed by atoms with E-state index in [-0.39, 0.29) is 0 Å². The molecule has 0 amide bonds. The predicted octanol–water partition coefficient (Wildman–Crippen LogP) is 3.80. The van der Waals surface area contributed by atoms with E-state index < -0.39 is 0 Å². The Morgan fingerprint density at radius 1 is 1.30 bits per heavy atom. The Morgan fingerprint density at radius 2 is 2.05 bits per heavy atom. The summed E-state index contributed by atoms with van der Waals surface area (Å²) in [4.78, 5) is 0. The van der Waals surface area contributed by atoms with E-state index >= 15 is 0 Å². The Bertz CT molecular complexity index is 581. The average molecular weight is 269 g/mol. The fourth-order valence-corrected chi connectivity index (χ4v) is 3.00. The Kier molecular flexibility index (Phi) is 3.51. The molecule has 2 aromatic rings. The molecule has 1 N–H and O–H groups in total. The van der Waals surface area contributed by atoms with Gasteiger partial charge in [-0.1, -0.05) is 38.1 Å². The number of aryl methyl sites for hydroxylation is 1. The second-order valence-corrected chi connectivity index (χ2v) is 6.19. The molecule has 1 atom stereocenters. The van der Waals surface area contributed by atoms with Crippen molar-refractivity contribution in [2.45, 2.75) is 39.7 Å². The third-order valence-electron chi connectivity index (χ3n) is 3.89. The van der Waals surface area contributed by atoms with E-state index in [2.05, 4.69) is 66.2 Å². The lowest BCUT2D eigenvalue weighted by molar-refractivity contribution is 0.479. The van der Waals surface area contributed by atoms with E-state index in [4.69, 9.17) is 0 Å². The fourth-order valence-electron chi connectivity index (χ4n) is 3.00. The van der Waals surface area contributed by atoms with Crippen LogP contribution in [0.25, 0.3) is 0 Å². The molecule has 2 heterocycles. The molecule has 3 rings (SSSR count). The highest BCUT2D eigenvalue weighted by Crippen LogP contribution is 2.30. The number of fused-ring (bicyclic) bond motifs is 1. The zero-order valence-corrected chi connectivity index (χ0v) is 12.6. The first-order valence-corrected chi connectivity index (χ1v) is 7.52. The molecule has 1 aliphatic rings. The first-order chi connectivity index (χ1) is 9.63. The number of benzene rings is 1. The Hall–Kier alpha value is -1.77. The maximum Gasteiger partial charge on any atom is 0.125 e. The summed E-state index contributed by atoms with van der Waals surface area (Å²) in [5, 5.41) is 8.06. The monoisotopic (exact) mass is 269 g/mol. The summed E-state index contributed by atoms with van der Waals surface area (Å²) in [7, 11) is 0. The lowest BCUT2D eigenvalue weighted by atomic mass is 9.97. The lowest BCUT2D eigenvalue weighted by Gasteiger charge is -2.26. The van der Waals surface area contributed by atoms with Gasteiger partial charge in [-0.2, -0.15) is 5.10 Å². The molecule has 0 aliphatic carbocycles. The molecule has 0 radical (unpaired) electrons. The highest BCUT2D eigenvalue weighted by atomic mass is 15.4. The molecule has 1 aromatic heterocycles. The van der Waals surface area contributed by atoms with E-state index in [0.29, 0.717) is 12.0 Å². The molecular formula is C17H23N3. The van der Waals surface area contributed by atoms with Crippen molar-refractivity contribution in [1.82, 2.24) is 9.78 Å². The van der Waals surface area contributed by atoms with Gasteiger partial charge in [-0.05, 0) is 36.8 Å². The number of anilines is 1. The molecule has 20 heavy (non-hydrogen) atoms. The molecule has 0 saturated heterocycles. The van der Waals surface area contributed by atoms with Crippen LogP contribution < -0.4 is 5.32 Å². The van der Waals surface area contributed by atoms with Gasteiger partial charge < -0.3 is 5.32 Å². The van der Waals surface area contributed by atoms with Crippen LogP contribution in [0.15, 0.2) is 30.3 Å². The van der Waals surface area contributed by atoms with E-state index in [0.717, 1.165) is 30.9 Å². The normalized spacial score (nSPS) is 17.9. The van der Waals surface area contributed by atoms with Crippen LogP contribution in [0.3, 0.4) is 0 Å². The second-order valence-electron chi connectivity index (χ2n) is 6.19. The molecule has 0 saturated carbocycles. The number of nitrogens with one attached hydrogen (secondary N) is 1. The predicted molar refractivity (Wildman–Crippen MR) is 83.2 cm³/mol. The van der Waals surface area contributed by atoms with Gasteiger partial charge in [0.25, 0.3) is 0 Å². The van der Waals surface area contributed by atoms with Gasteiger partial charge in [0.2, 0.25) is 0 Å². The van der Waals surface area contributed by atoms with Crippen molar-refractivity contribution in [3.8, 4) is 0 Å². The molecule has 1 aromatic carbocycles. The highest BCUT2D eigenvalue weighted by Gasteiger charge is 2.22. The van der Waals surface area contributed by atoms with Gasteiger partial charge in [-0.3, -0.25) is 0 Å². The SMILES string of the molecule is Cc1cc2n(n1)C(c1ccc(CC(C)C)cc1)CCN2. The van der Waals surface area contributed by atoms with Gasteiger partial charge in [0.15, 0.2) is 0 Å². The van der Waals surface area contributed by atoms with Crippen LogP contribution in [0.4, 0.5) is 5.82 Å². The summed E-state index contributed by atoms with van der Waals surface area (Å²) in [6.07, 6.45) is 2.25. The van der Waals surface area contributed by atoms with Crippen LogP contribution in [0.5, 0.6) is 0 Å². The quantitative estimate of drug-likeness (QED) is 0.918. The van der Waals surface area contributed by atoms with Crippen molar-refractivity contribution in [3.05, 3.63) is 47.2 Å². The molecule has 3 heteroatoms. The third-order valence-corrected chi connectivity index (χ3v) is 3.89. The molecule has 0 spiro atoms. The average Bonchev–Trinajstić information content (AvgIpc) is 2.79. The van der Waals surface area contributed by atoms with Crippen molar-refractivity contribution >= 4 is 5.82 Å². The molecule has 0 bridgehead atoms. The van der Waals surface area contributed by atoms with Crippen molar-refractivity contribution < 1.29 is 0 Å². The fraction of sp³-hybridized carbons (Fsp3) is 0.471. The number of hydrogen-bond acceptors (Lipinski definition) is 2. The van der Waals surface area contributed by atoms with Crippen molar-refractivity contribution in [3.63, 3.8) is 0 Å². The Balaban J connectivity index is 1.86. The van der Waals surface area contributed by atoms with Gasteiger partial charge in [-0.15, -0.1) is 0 Å². The minimum absolute atomic E-state index is 0.369. The van der Waals surface area contributed by atoms with Crippen LogP contribution >= 0.6 is 0 Å². The topological polar surface area (TPSA) is 29.9 Å². The molecule has 0 fully saturated rings. The van der Waals surface area contributed by atoms with E-state index in [1.165, 1.54) is 11.1 Å². The first kappa shape index (κ1) is 13.2. The van der Waals surface area contributed by atoms with Gasteiger partial charge >= 0.3 is 0 Å². The summed E-state index contributed by atoms with van der Waals surface area (Å²) >= 11 is 0. The Morgan fingerprint density at radius 3 is 2.75 bits per heavy atom. The maximum absolute atomic E-state index is 4.63. The minimum atomic E-state index is 0.369. The van der Waals surface area contributed by atoms with Crippen LogP contribution in [0.1, 0.15) is 43.1 Å². The first-order valence-electron chi connectivity index (χ1n) is 7.52. The second kappa shape index (κ2) is 5.31. The van der Waals surface area contributed by atoms with E-state index in [9.17, 15) is 0 Å². The zero-order chi connectivity index (χ0) is 14.1. The third kappa shape index (κ3) is 2.58. The summed E-state index contributed by atoms with van der Waals surface area (Å²) in [6, 6.07) is 11.6. The molecule has 1 aliphatic heterocycles. The summed E-state index contributed by atoms with van der Waals surface area (Å²) in [5.74, 6) is 1.85. The van der Waals surface area contributed by atoms with E-state index in [1.54, 1.807) is 0 Å². The number of nitrogens with zero attached hydrogens (tertiary/aromatic N) is 2. The standard InChI is InChI=1S/C17H23N3/c1-12(2)10-14-4-6-15(7-5-14)16-8-9-18-17-11-13(3)19-20(16)17/h4-7,11-12,16,18H,8-10H2,1-3H3. The molecule has 1 unspecified atom stereocenters. The van der Waals surface area contributed by atoms with Crippen molar-refractivity contribution in [2.75, 3.05) is 11.9 Å². The van der Waals surface area contributed by atoms with Crippen molar-refractivity contribution in [1.29, 1.82) is 0 Å². The summed E-state index contributed by atoms with van der Waals surface area (Å²) in [5.41, 5.74) is 3.87. The zero-order valence-electron chi connectivity index (χ0n) is 12.6. The molecule has 106 valence electrons. The Labute approximate surface area is 121 Å². The smallest absolute Gasteiger partial charge is 0.125 e. The highest BCUT2D eigenvalue weighted by molar-refractivity contribution is 5.41. The summed E-state index contributed by atoms with van der Waals surface area (Å²) in [6.45, 7) is 7.60. The van der Waals surface area contributed by atoms with Gasteiger partial charge in [0.1, 0.15) is 5.82 Å². The number of hydrogen-bond donors (Lipinski definition) is 1. The molecular weight excluding hydrogens is 246 g/mol. The largest absolute Gasteiger partial charge is 0.370 e. The minimum Gasteiger partial charge on any atom is -0.370 e. The lowest BCUT2D eigenvalue weighted by Crippen LogP contribution is -2.24. The van der Waals surface area contributed by atoms with Crippen LogP contribution in [-0.2, 0) is 6.42 Å². The van der Waals surface area contributed by atoms with Gasteiger partial charge in [0, 0.05) is 12.6 Å². The van der Waals surface area contributed by atoms with E-state index in [1.807, 2.05) is 0 Å².